The Bertz CT molecular complexity index is 414. The van der Waals surface area contributed by atoms with E-state index in [1.165, 1.54) is 6.07 Å². The molecule has 0 aromatic heterocycles. The van der Waals surface area contributed by atoms with Crippen LogP contribution in [0.4, 0.5) is 17.6 Å². The second-order valence-electron chi connectivity index (χ2n) is 3.52. The first kappa shape index (κ1) is 14.2. The molecule has 94 valence electrons. The van der Waals surface area contributed by atoms with Crippen LogP contribution >= 0.6 is 15.9 Å². The summed E-state index contributed by atoms with van der Waals surface area (Å²) in [5.41, 5.74) is 0.202. The summed E-state index contributed by atoms with van der Waals surface area (Å²) >= 11 is 3.00. The molecule has 0 amide bonds. The predicted molar refractivity (Wildman–Crippen MR) is 58.3 cm³/mol. The minimum absolute atomic E-state index is 0.202. The van der Waals surface area contributed by atoms with Gasteiger partial charge in [-0.3, -0.25) is 4.79 Å². The van der Waals surface area contributed by atoms with Crippen LogP contribution in [0.25, 0.3) is 0 Å². The van der Waals surface area contributed by atoms with Gasteiger partial charge in [0, 0.05) is 22.9 Å². The highest BCUT2D eigenvalue weighted by Crippen LogP contribution is 2.24. The summed E-state index contributed by atoms with van der Waals surface area (Å²) in [6, 6.07) is 3.47. The molecule has 0 bridgehead atoms. The number of hydrogen-bond donors (Lipinski definition) is 0. The smallest absolute Gasteiger partial charge is 0.294 e. The first-order valence-corrected chi connectivity index (χ1v) is 5.64. The van der Waals surface area contributed by atoms with Gasteiger partial charge >= 0.3 is 6.18 Å². The predicted octanol–water partition coefficient (Wildman–Crippen LogP) is 4.50. The molecule has 6 heteroatoms. The molecule has 0 spiro atoms. The van der Waals surface area contributed by atoms with Gasteiger partial charge in [0.15, 0.2) is 5.78 Å². The van der Waals surface area contributed by atoms with Gasteiger partial charge in [0.1, 0.15) is 5.82 Å². The summed E-state index contributed by atoms with van der Waals surface area (Å²) in [5, 5.41) is 0. The van der Waals surface area contributed by atoms with E-state index >= 15 is 0 Å². The van der Waals surface area contributed by atoms with E-state index in [9.17, 15) is 22.4 Å². The van der Waals surface area contributed by atoms with Crippen molar-refractivity contribution in [3.63, 3.8) is 0 Å². The summed E-state index contributed by atoms with van der Waals surface area (Å²) in [5.74, 6) is -0.940. The van der Waals surface area contributed by atoms with Crippen LogP contribution in [-0.2, 0) is 0 Å². The molecule has 0 radical (unpaired) electrons. The fourth-order valence-corrected chi connectivity index (χ4v) is 1.87. The van der Waals surface area contributed by atoms with E-state index in [2.05, 4.69) is 15.9 Å². The van der Waals surface area contributed by atoms with E-state index in [0.717, 1.165) is 12.1 Å². The maximum Gasteiger partial charge on any atom is 0.389 e. The zero-order valence-corrected chi connectivity index (χ0v) is 10.2. The van der Waals surface area contributed by atoms with Gasteiger partial charge in [-0.05, 0) is 40.5 Å². The molecular formula is C11H9BrF4O. The SMILES string of the molecule is O=C(CCCC(F)(F)F)c1ccc(F)cc1Br. The lowest BCUT2D eigenvalue weighted by molar-refractivity contribution is -0.135. The third kappa shape index (κ3) is 4.85. The Morgan fingerprint density at radius 1 is 1.29 bits per heavy atom. The molecule has 0 saturated carbocycles. The van der Waals surface area contributed by atoms with Crippen molar-refractivity contribution in [1.82, 2.24) is 0 Å². The van der Waals surface area contributed by atoms with Crippen LogP contribution in [0.15, 0.2) is 22.7 Å². The molecule has 0 unspecified atom stereocenters. The van der Waals surface area contributed by atoms with Crippen LogP contribution in [0.2, 0.25) is 0 Å². The zero-order valence-electron chi connectivity index (χ0n) is 8.65. The topological polar surface area (TPSA) is 17.1 Å². The minimum Gasteiger partial charge on any atom is -0.294 e. The van der Waals surface area contributed by atoms with E-state index in [1.54, 1.807) is 0 Å². The van der Waals surface area contributed by atoms with Crippen molar-refractivity contribution in [2.75, 3.05) is 0 Å². The summed E-state index contributed by atoms with van der Waals surface area (Å²) in [6.45, 7) is 0. The lowest BCUT2D eigenvalue weighted by atomic mass is 10.1. The van der Waals surface area contributed by atoms with Crippen LogP contribution in [0.3, 0.4) is 0 Å². The standard InChI is InChI=1S/C11H9BrF4O/c12-9-6-7(13)3-4-8(9)10(17)2-1-5-11(14,15)16/h3-4,6H,1-2,5H2. The Balaban J connectivity index is 2.59. The summed E-state index contributed by atoms with van der Waals surface area (Å²) in [4.78, 5) is 11.5. The molecule has 0 aliphatic heterocycles. The normalized spacial score (nSPS) is 11.6. The Kier molecular flexibility index (Phi) is 4.68. The van der Waals surface area contributed by atoms with Crippen molar-refractivity contribution in [1.29, 1.82) is 0 Å². The summed E-state index contributed by atoms with van der Waals surface area (Å²) in [7, 11) is 0. The number of benzene rings is 1. The third-order valence-electron chi connectivity index (χ3n) is 2.10. The van der Waals surface area contributed by atoms with Crippen molar-refractivity contribution < 1.29 is 22.4 Å². The van der Waals surface area contributed by atoms with Crippen molar-refractivity contribution in [2.24, 2.45) is 0 Å². The highest BCUT2D eigenvalue weighted by atomic mass is 79.9. The molecule has 1 rings (SSSR count). The minimum atomic E-state index is -4.25. The maximum absolute atomic E-state index is 12.7. The molecule has 0 N–H and O–H groups in total. The van der Waals surface area contributed by atoms with Gasteiger partial charge in [-0.2, -0.15) is 13.2 Å². The first-order valence-electron chi connectivity index (χ1n) is 4.84. The van der Waals surface area contributed by atoms with Gasteiger partial charge in [0.25, 0.3) is 0 Å². The van der Waals surface area contributed by atoms with E-state index in [1.807, 2.05) is 0 Å². The fraction of sp³-hybridized carbons (Fsp3) is 0.364. The first-order chi connectivity index (χ1) is 7.79. The van der Waals surface area contributed by atoms with Crippen LogP contribution in [0.1, 0.15) is 29.6 Å². The van der Waals surface area contributed by atoms with Gasteiger partial charge in [0.05, 0.1) is 0 Å². The number of carbonyl (C=O) groups excluding carboxylic acids is 1. The van der Waals surface area contributed by atoms with E-state index < -0.39 is 24.2 Å². The van der Waals surface area contributed by atoms with Crippen LogP contribution in [0.5, 0.6) is 0 Å². The molecule has 1 aromatic carbocycles. The largest absolute Gasteiger partial charge is 0.389 e. The maximum atomic E-state index is 12.7. The zero-order chi connectivity index (χ0) is 13.1. The molecule has 17 heavy (non-hydrogen) atoms. The monoisotopic (exact) mass is 312 g/mol. The van der Waals surface area contributed by atoms with Gasteiger partial charge in [-0.1, -0.05) is 0 Å². The Labute approximate surface area is 104 Å². The molecule has 0 saturated heterocycles. The van der Waals surface area contributed by atoms with E-state index in [-0.39, 0.29) is 22.9 Å². The van der Waals surface area contributed by atoms with Gasteiger partial charge < -0.3 is 0 Å². The van der Waals surface area contributed by atoms with Gasteiger partial charge in [-0.15, -0.1) is 0 Å². The Morgan fingerprint density at radius 3 is 2.47 bits per heavy atom. The number of halogens is 5. The van der Waals surface area contributed by atoms with Crippen molar-refractivity contribution in [3.05, 3.63) is 34.1 Å². The molecule has 0 aliphatic rings. The lowest BCUT2D eigenvalue weighted by Gasteiger charge is -2.06. The van der Waals surface area contributed by atoms with Crippen LogP contribution < -0.4 is 0 Å². The fourth-order valence-electron chi connectivity index (χ4n) is 1.30. The van der Waals surface area contributed by atoms with Crippen LogP contribution in [0, 0.1) is 5.82 Å². The second kappa shape index (κ2) is 5.62. The Morgan fingerprint density at radius 2 is 1.94 bits per heavy atom. The number of alkyl halides is 3. The van der Waals surface area contributed by atoms with Crippen molar-refractivity contribution >= 4 is 21.7 Å². The summed E-state index contributed by atoms with van der Waals surface area (Å²) < 4.78 is 48.6. The number of carbonyl (C=O) groups is 1. The molecule has 1 aromatic rings. The van der Waals surface area contributed by atoms with Crippen molar-refractivity contribution in [3.8, 4) is 0 Å². The number of hydrogen-bond acceptors (Lipinski definition) is 1. The van der Waals surface area contributed by atoms with Crippen molar-refractivity contribution in [2.45, 2.75) is 25.4 Å². The average molecular weight is 313 g/mol. The van der Waals surface area contributed by atoms with Crippen LogP contribution in [-0.4, -0.2) is 12.0 Å². The molecule has 0 heterocycles. The third-order valence-corrected chi connectivity index (χ3v) is 2.75. The average Bonchev–Trinajstić information content (AvgIpc) is 2.15. The number of ketones is 1. The Hall–Kier alpha value is -0.910. The molecule has 1 nitrogen and oxygen atoms in total. The quantitative estimate of drug-likeness (QED) is 0.591. The highest BCUT2D eigenvalue weighted by Gasteiger charge is 2.26. The number of rotatable bonds is 4. The van der Waals surface area contributed by atoms with E-state index in [4.69, 9.17) is 0 Å². The lowest BCUT2D eigenvalue weighted by Crippen LogP contribution is -2.08. The summed E-state index contributed by atoms with van der Waals surface area (Å²) in [6.07, 6.45) is -5.70. The number of Topliss-reactive ketones (excluding diaryl/α,β-unsaturated/α-hetero) is 1. The molecule has 0 aliphatic carbocycles. The second-order valence-corrected chi connectivity index (χ2v) is 4.37. The van der Waals surface area contributed by atoms with Gasteiger partial charge in [0.2, 0.25) is 0 Å². The molecule has 0 atom stereocenters. The highest BCUT2D eigenvalue weighted by molar-refractivity contribution is 9.10. The molecular weight excluding hydrogens is 304 g/mol. The van der Waals surface area contributed by atoms with E-state index in [0.29, 0.717) is 0 Å². The molecule has 0 fully saturated rings. The van der Waals surface area contributed by atoms with Gasteiger partial charge in [-0.25, -0.2) is 4.39 Å².